The number of Topliss-reactive ketones (excluding diaryl/α,β-unsaturated/α-hetero) is 1. The lowest BCUT2D eigenvalue weighted by Gasteiger charge is -2.25. The van der Waals surface area contributed by atoms with Crippen molar-refractivity contribution in [2.45, 2.75) is 51.1 Å². The van der Waals surface area contributed by atoms with Gasteiger partial charge in [-0.25, -0.2) is 0 Å². The summed E-state index contributed by atoms with van der Waals surface area (Å²) in [7, 11) is 1.46. The van der Waals surface area contributed by atoms with E-state index in [0.717, 1.165) is 41.4 Å². The van der Waals surface area contributed by atoms with Gasteiger partial charge < -0.3 is 30.3 Å². The molecule has 0 spiro atoms. The molecule has 42 heavy (non-hydrogen) atoms. The summed E-state index contributed by atoms with van der Waals surface area (Å²) in [6.45, 7) is 1.72. The molecule has 0 bridgehead atoms. The first-order chi connectivity index (χ1) is 20.2. The maximum atomic E-state index is 13.7. The van der Waals surface area contributed by atoms with Gasteiger partial charge in [0.1, 0.15) is 0 Å². The summed E-state index contributed by atoms with van der Waals surface area (Å²) in [6, 6.07) is 13.0. The van der Waals surface area contributed by atoms with Crippen molar-refractivity contribution in [2.24, 2.45) is 13.0 Å². The van der Waals surface area contributed by atoms with Crippen molar-refractivity contribution < 1.29 is 34.1 Å². The van der Waals surface area contributed by atoms with Gasteiger partial charge in [0.2, 0.25) is 24.5 Å². The minimum atomic E-state index is -0.871. The number of benzene rings is 2. The average molecular weight is 574 g/mol. The van der Waals surface area contributed by atoms with Crippen LogP contribution >= 0.6 is 0 Å². The number of ether oxygens (including phenoxy) is 2. The Morgan fingerprint density at radius 3 is 2.40 bits per heavy atom. The fraction of sp³-hybridized carbons (Fsp3) is 0.344. The molecule has 2 aliphatic rings. The summed E-state index contributed by atoms with van der Waals surface area (Å²) in [5.41, 5.74) is 1.77. The van der Waals surface area contributed by atoms with E-state index in [0.29, 0.717) is 11.5 Å². The second kappa shape index (κ2) is 12.4. The minimum Gasteiger partial charge on any atom is -0.494 e. The van der Waals surface area contributed by atoms with Crippen LogP contribution in [0.4, 0.5) is 0 Å². The van der Waals surface area contributed by atoms with Gasteiger partial charge in [-0.2, -0.15) is 0 Å². The van der Waals surface area contributed by atoms with Crippen LogP contribution in [0.15, 0.2) is 54.6 Å². The van der Waals surface area contributed by atoms with Crippen LogP contribution in [0.2, 0.25) is 0 Å². The van der Waals surface area contributed by atoms with Gasteiger partial charge in [0.15, 0.2) is 23.2 Å². The summed E-state index contributed by atoms with van der Waals surface area (Å²) in [6.07, 6.45) is 6.34. The number of aromatic nitrogens is 1. The van der Waals surface area contributed by atoms with Crippen molar-refractivity contribution >= 4 is 23.7 Å². The summed E-state index contributed by atoms with van der Waals surface area (Å²) in [5, 5.41) is 26.7. The first kappa shape index (κ1) is 28.8. The molecule has 0 radical (unpaired) electrons. The van der Waals surface area contributed by atoms with Crippen molar-refractivity contribution in [3.05, 3.63) is 76.9 Å². The maximum absolute atomic E-state index is 13.7. The van der Waals surface area contributed by atoms with E-state index >= 15 is 0 Å². The van der Waals surface area contributed by atoms with Crippen LogP contribution in [-0.4, -0.2) is 45.2 Å². The first-order valence-electron chi connectivity index (χ1n) is 14.1. The Kier molecular flexibility index (Phi) is 8.51. The van der Waals surface area contributed by atoms with Crippen LogP contribution in [0.5, 0.6) is 23.3 Å². The zero-order valence-electron chi connectivity index (χ0n) is 23.6. The van der Waals surface area contributed by atoms with E-state index in [9.17, 15) is 24.6 Å². The highest BCUT2D eigenvalue weighted by Crippen LogP contribution is 2.36. The highest BCUT2D eigenvalue weighted by molar-refractivity contribution is 6.05. The molecule has 2 aromatic carbocycles. The molecule has 1 aliphatic heterocycles. The number of fused-ring (bicyclic) bond motifs is 1. The molecule has 1 aromatic heterocycles. The molecule has 0 saturated heterocycles. The zero-order valence-corrected chi connectivity index (χ0v) is 23.6. The lowest BCUT2D eigenvalue weighted by atomic mass is 9.90. The number of nitrogens with zero attached hydrogens (tertiary/aromatic N) is 1. The molecule has 10 heteroatoms. The normalized spacial score (nSPS) is 16.0. The Balaban J connectivity index is 1.32. The van der Waals surface area contributed by atoms with Gasteiger partial charge in [-0.1, -0.05) is 49.2 Å². The number of hydrogen-bond acceptors (Lipinski definition) is 7. The van der Waals surface area contributed by atoms with Crippen LogP contribution in [0.1, 0.15) is 65.2 Å². The summed E-state index contributed by atoms with van der Waals surface area (Å²) < 4.78 is 11.9. The Hall–Kier alpha value is -4.73. The Morgan fingerprint density at radius 2 is 1.71 bits per heavy atom. The molecule has 10 nitrogen and oxygen atoms in total. The number of ketones is 1. The minimum absolute atomic E-state index is 0.00812. The van der Waals surface area contributed by atoms with E-state index in [1.807, 2.05) is 36.4 Å². The third-order valence-electron chi connectivity index (χ3n) is 8.02. The molecule has 1 fully saturated rings. The number of nitrogens with one attached hydrogen (secondary N) is 2. The summed E-state index contributed by atoms with van der Waals surface area (Å²) in [5.74, 6) is -0.619. The molecule has 4 N–H and O–H groups in total. The van der Waals surface area contributed by atoms with Crippen molar-refractivity contribution in [3.8, 4) is 23.3 Å². The first-order valence-corrected chi connectivity index (χ1v) is 14.1. The van der Waals surface area contributed by atoms with Gasteiger partial charge in [-0.15, -0.1) is 0 Å². The van der Waals surface area contributed by atoms with Crippen molar-refractivity contribution in [3.63, 3.8) is 0 Å². The van der Waals surface area contributed by atoms with Crippen LogP contribution in [0.25, 0.3) is 6.08 Å². The Labute approximate surface area is 244 Å². The maximum Gasteiger partial charge on any atom is 0.244 e. The van der Waals surface area contributed by atoms with Crippen LogP contribution < -0.4 is 20.1 Å². The van der Waals surface area contributed by atoms with Crippen molar-refractivity contribution in [1.82, 2.24) is 15.2 Å². The number of carbonyl (C=O) groups is 3. The second-order valence-corrected chi connectivity index (χ2v) is 10.8. The van der Waals surface area contributed by atoms with Gasteiger partial charge in [-0.05, 0) is 55.0 Å². The number of hydrogen-bond donors (Lipinski definition) is 4. The molecule has 5 rings (SSSR count). The standard InChI is InChI=1S/C32H35N3O7/c1-19-28(32(40)35(2)31(19)39)30(38)29(22-10-6-7-11-22)34-27(37)17-23(21-8-4-3-5-9-21)33-26(36)15-13-20-12-14-24-25(16-20)42-18-41-24/h3-5,8-9,12-16,22-23,29,39-40H,6-7,10-11,17-18H2,1-2H3,(H,33,36)(H,34,37)/t23-,29?/m0/s1. The highest BCUT2D eigenvalue weighted by Gasteiger charge is 2.36. The fourth-order valence-corrected chi connectivity index (χ4v) is 5.70. The molecule has 3 aromatic rings. The van der Waals surface area contributed by atoms with E-state index < -0.39 is 29.7 Å². The monoisotopic (exact) mass is 573 g/mol. The summed E-state index contributed by atoms with van der Waals surface area (Å²) >= 11 is 0. The third kappa shape index (κ3) is 6.12. The zero-order chi connectivity index (χ0) is 29.8. The smallest absolute Gasteiger partial charge is 0.244 e. The van der Waals surface area contributed by atoms with Crippen molar-refractivity contribution in [2.75, 3.05) is 6.79 Å². The van der Waals surface area contributed by atoms with Crippen LogP contribution in [0, 0.1) is 12.8 Å². The largest absolute Gasteiger partial charge is 0.494 e. The van der Waals surface area contributed by atoms with Gasteiger partial charge in [0.25, 0.3) is 0 Å². The molecule has 2 heterocycles. The van der Waals surface area contributed by atoms with E-state index in [-0.39, 0.29) is 42.0 Å². The van der Waals surface area contributed by atoms with Crippen LogP contribution in [0.3, 0.4) is 0 Å². The SMILES string of the molecule is Cc1c(C(=O)C(NC(=O)C[C@H](NC(=O)C=Cc2ccc3c(c2)OCO3)c2ccccc2)C2CCCC2)c(O)n(C)c1O. The molecule has 220 valence electrons. The molecule has 1 saturated carbocycles. The number of rotatable bonds is 10. The molecule has 1 unspecified atom stereocenters. The predicted molar refractivity (Wildman–Crippen MR) is 155 cm³/mol. The topological polar surface area (TPSA) is 139 Å². The quantitative estimate of drug-likeness (QED) is 0.210. The lowest BCUT2D eigenvalue weighted by molar-refractivity contribution is -0.123. The van der Waals surface area contributed by atoms with Gasteiger partial charge in [0, 0.05) is 18.7 Å². The molecule has 2 amide bonds. The van der Waals surface area contributed by atoms with E-state index in [1.54, 1.807) is 25.1 Å². The average Bonchev–Trinajstić information content (AvgIpc) is 3.73. The fourth-order valence-electron chi connectivity index (χ4n) is 5.70. The van der Waals surface area contributed by atoms with E-state index in [1.165, 1.54) is 13.1 Å². The molecular weight excluding hydrogens is 538 g/mol. The van der Waals surface area contributed by atoms with E-state index in [2.05, 4.69) is 10.6 Å². The van der Waals surface area contributed by atoms with Gasteiger partial charge >= 0.3 is 0 Å². The highest BCUT2D eigenvalue weighted by atomic mass is 16.7. The number of carbonyl (C=O) groups excluding carboxylic acids is 3. The second-order valence-electron chi connectivity index (χ2n) is 10.8. The Bertz CT molecular complexity index is 1480. The summed E-state index contributed by atoms with van der Waals surface area (Å²) in [4.78, 5) is 40.1. The van der Waals surface area contributed by atoms with Gasteiger partial charge in [-0.3, -0.25) is 19.0 Å². The third-order valence-corrected chi connectivity index (χ3v) is 8.02. The number of aromatic hydroxyl groups is 2. The molecular formula is C32H35N3O7. The van der Waals surface area contributed by atoms with Crippen LogP contribution in [-0.2, 0) is 16.6 Å². The van der Waals surface area contributed by atoms with E-state index in [4.69, 9.17) is 9.47 Å². The lowest BCUT2D eigenvalue weighted by Crippen LogP contribution is -2.46. The van der Waals surface area contributed by atoms with Crippen molar-refractivity contribution in [1.29, 1.82) is 0 Å². The predicted octanol–water partition coefficient (Wildman–Crippen LogP) is 4.29. The Morgan fingerprint density at radius 1 is 1.00 bits per heavy atom. The number of amides is 2. The molecule has 2 atom stereocenters. The molecule has 1 aliphatic carbocycles. The van der Waals surface area contributed by atoms with Gasteiger partial charge in [0.05, 0.1) is 24.1 Å².